The van der Waals surface area contributed by atoms with E-state index in [-0.39, 0.29) is 17.4 Å². The standard InChI is InChI=1S/C23H32N4O3/c1-23(2,3)21-20(16-27(24-21)18-7-5-4-6-8-18)22(28)26-11-9-25(10-12-26)15-19-17-29-13-14-30-19/h4-8,16,19H,9-15,17H2,1-3H3/t19-/m0/s1. The van der Waals surface area contributed by atoms with Crippen molar-refractivity contribution in [3.8, 4) is 5.69 Å². The van der Waals surface area contributed by atoms with Gasteiger partial charge in [0.05, 0.1) is 42.9 Å². The number of aromatic nitrogens is 2. The zero-order valence-corrected chi connectivity index (χ0v) is 18.2. The van der Waals surface area contributed by atoms with Crippen LogP contribution in [0.5, 0.6) is 0 Å². The van der Waals surface area contributed by atoms with Crippen LogP contribution in [0.25, 0.3) is 5.69 Å². The molecule has 4 rings (SSSR count). The zero-order valence-electron chi connectivity index (χ0n) is 18.2. The molecule has 2 fully saturated rings. The molecular formula is C23H32N4O3. The molecule has 30 heavy (non-hydrogen) atoms. The van der Waals surface area contributed by atoms with E-state index in [0.29, 0.717) is 38.5 Å². The highest BCUT2D eigenvalue weighted by atomic mass is 16.6. The molecule has 0 spiro atoms. The molecule has 0 N–H and O–H groups in total. The molecule has 0 bridgehead atoms. The van der Waals surface area contributed by atoms with Crippen LogP contribution in [0.2, 0.25) is 0 Å². The van der Waals surface area contributed by atoms with Crippen LogP contribution in [0, 0.1) is 0 Å². The molecule has 1 aromatic heterocycles. The van der Waals surface area contributed by atoms with Gasteiger partial charge >= 0.3 is 0 Å². The number of nitrogens with zero attached hydrogens (tertiary/aromatic N) is 4. The van der Waals surface area contributed by atoms with Gasteiger partial charge in [0.2, 0.25) is 0 Å². The normalized spacial score (nSPS) is 21.0. The number of rotatable bonds is 4. The lowest BCUT2D eigenvalue weighted by Gasteiger charge is -2.37. The van der Waals surface area contributed by atoms with E-state index in [0.717, 1.165) is 31.0 Å². The minimum Gasteiger partial charge on any atom is -0.376 e. The van der Waals surface area contributed by atoms with Crippen LogP contribution in [0.3, 0.4) is 0 Å². The fourth-order valence-electron chi connectivity index (χ4n) is 4.03. The second-order valence-corrected chi connectivity index (χ2v) is 9.08. The van der Waals surface area contributed by atoms with Crippen molar-refractivity contribution in [2.45, 2.75) is 32.3 Å². The molecule has 7 heteroatoms. The molecule has 1 amide bonds. The van der Waals surface area contributed by atoms with Crippen LogP contribution in [-0.2, 0) is 14.9 Å². The number of hydrogen-bond acceptors (Lipinski definition) is 5. The maximum atomic E-state index is 13.4. The van der Waals surface area contributed by atoms with E-state index < -0.39 is 0 Å². The number of carbonyl (C=O) groups is 1. The number of ether oxygens (including phenoxy) is 2. The minimum atomic E-state index is -0.217. The molecule has 0 unspecified atom stereocenters. The Morgan fingerprint density at radius 1 is 1.10 bits per heavy atom. The number of amides is 1. The smallest absolute Gasteiger partial charge is 0.257 e. The first-order valence-corrected chi connectivity index (χ1v) is 10.8. The van der Waals surface area contributed by atoms with Crippen LogP contribution < -0.4 is 0 Å². The topological polar surface area (TPSA) is 59.8 Å². The van der Waals surface area contributed by atoms with Gasteiger partial charge in [0, 0.05) is 44.3 Å². The molecule has 2 aliphatic heterocycles. The van der Waals surface area contributed by atoms with Crippen molar-refractivity contribution in [1.29, 1.82) is 0 Å². The zero-order chi connectivity index (χ0) is 21.1. The van der Waals surface area contributed by atoms with Gasteiger partial charge in [-0.15, -0.1) is 0 Å². The third-order valence-corrected chi connectivity index (χ3v) is 5.68. The second-order valence-electron chi connectivity index (χ2n) is 9.08. The summed E-state index contributed by atoms with van der Waals surface area (Å²) in [5.41, 5.74) is 2.28. The van der Waals surface area contributed by atoms with Crippen LogP contribution in [0.1, 0.15) is 36.8 Å². The van der Waals surface area contributed by atoms with Gasteiger partial charge in [-0.1, -0.05) is 39.0 Å². The number of hydrogen-bond donors (Lipinski definition) is 0. The Labute approximate surface area is 178 Å². The summed E-state index contributed by atoms with van der Waals surface area (Å²) in [6.07, 6.45) is 2.02. The summed E-state index contributed by atoms with van der Waals surface area (Å²) < 4.78 is 13.1. The van der Waals surface area contributed by atoms with Crippen molar-refractivity contribution >= 4 is 5.91 Å². The number of para-hydroxylation sites is 1. The number of piperazine rings is 1. The van der Waals surface area contributed by atoms with Crippen molar-refractivity contribution in [1.82, 2.24) is 19.6 Å². The average Bonchev–Trinajstić information content (AvgIpc) is 3.21. The lowest BCUT2D eigenvalue weighted by molar-refractivity contribution is -0.0994. The minimum absolute atomic E-state index is 0.0685. The first-order valence-electron chi connectivity index (χ1n) is 10.8. The second kappa shape index (κ2) is 8.88. The fraction of sp³-hybridized carbons (Fsp3) is 0.565. The predicted molar refractivity (Wildman–Crippen MR) is 115 cm³/mol. The first-order chi connectivity index (χ1) is 14.4. The van der Waals surface area contributed by atoms with Gasteiger partial charge in [-0.25, -0.2) is 4.68 Å². The molecule has 2 saturated heterocycles. The van der Waals surface area contributed by atoms with Gasteiger partial charge in [-0.05, 0) is 12.1 Å². The Morgan fingerprint density at radius 3 is 2.47 bits per heavy atom. The van der Waals surface area contributed by atoms with E-state index in [1.165, 1.54) is 0 Å². The molecule has 0 saturated carbocycles. The van der Waals surface area contributed by atoms with Crippen LogP contribution in [0.4, 0.5) is 0 Å². The van der Waals surface area contributed by atoms with Gasteiger partial charge in [0.1, 0.15) is 0 Å². The summed E-state index contributed by atoms with van der Waals surface area (Å²) in [5.74, 6) is 0.0685. The van der Waals surface area contributed by atoms with E-state index in [1.807, 2.05) is 46.1 Å². The van der Waals surface area contributed by atoms with E-state index in [1.54, 1.807) is 0 Å². The summed E-state index contributed by atoms with van der Waals surface area (Å²) in [7, 11) is 0. The van der Waals surface area contributed by atoms with E-state index in [9.17, 15) is 4.79 Å². The highest BCUT2D eigenvalue weighted by Crippen LogP contribution is 2.27. The average molecular weight is 413 g/mol. The molecule has 162 valence electrons. The van der Waals surface area contributed by atoms with E-state index in [4.69, 9.17) is 14.6 Å². The van der Waals surface area contributed by atoms with Gasteiger partial charge in [-0.2, -0.15) is 5.10 Å². The molecule has 3 heterocycles. The monoisotopic (exact) mass is 412 g/mol. The van der Waals surface area contributed by atoms with Gasteiger partial charge in [-0.3, -0.25) is 9.69 Å². The van der Waals surface area contributed by atoms with Crippen LogP contribution in [-0.4, -0.2) is 84.1 Å². The SMILES string of the molecule is CC(C)(C)c1nn(-c2ccccc2)cc1C(=O)N1CCN(C[C@H]2COCCO2)CC1. The van der Waals surface area contributed by atoms with Crippen molar-refractivity contribution in [2.75, 3.05) is 52.5 Å². The highest BCUT2D eigenvalue weighted by molar-refractivity contribution is 5.95. The fourth-order valence-corrected chi connectivity index (χ4v) is 4.03. The van der Waals surface area contributed by atoms with Crippen LogP contribution >= 0.6 is 0 Å². The lowest BCUT2D eigenvalue weighted by atomic mass is 9.89. The molecule has 2 aromatic rings. The summed E-state index contributed by atoms with van der Waals surface area (Å²) >= 11 is 0. The Hall–Kier alpha value is -2.22. The van der Waals surface area contributed by atoms with Gasteiger partial charge in [0.15, 0.2) is 0 Å². The maximum Gasteiger partial charge on any atom is 0.257 e. The molecular weight excluding hydrogens is 380 g/mol. The number of benzene rings is 1. The summed E-state index contributed by atoms with van der Waals surface area (Å²) in [5, 5.41) is 4.79. The summed E-state index contributed by atoms with van der Waals surface area (Å²) in [6.45, 7) is 12.3. The third-order valence-electron chi connectivity index (χ3n) is 5.68. The Kier molecular flexibility index (Phi) is 6.22. The van der Waals surface area contributed by atoms with Gasteiger partial charge < -0.3 is 14.4 Å². The lowest BCUT2D eigenvalue weighted by Crippen LogP contribution is -2.51. The molecule has 1 atom stereocenters. The third kappa shape index (κ3) is 4.74. The molecule has 0 aliphatic carbocycles. The van der Waals surface area contributed by atoms with Crippen molar-refractivity contribution in [2.24, 2.45) is 0 Å². The summed E-state index contributed by atoms with van der Waals surface area (Å²) in [4.78, 5) is 17.7. The Morgan fingerprint density at radius 2 is 1.83 bits per heavy atom. The van der Waals surface area contributed by atoms with Crippen molar-refractivity contribution in [3.63, 3.8) is 0 Å². The molecule has 7 nitrogen and oxygen atoms in total. The Bertz CT molecular complexity index is 845. The van der Waals surface area contributed by atoms with E-state index >= 15 is 0 Å². The summed E-state index contributed by atoms with van der Waals surface area (Å²) in [6, 6.07) is 9.95. The Balaban J connectivity index is 1.46. The van der Waals surface area contributed by atoms with E-state index in [2.05, 4.69) is 25.7 Å². The van der Waals surface area contributed by atoms with Crippen molar-refractivity contribution in [3.05, 3.63) is 47.8 Å². The predicted octanol–water partition coefficient (Wildman–Crippen LogP) is 2.34. The maximum absolute atomic E-state index is 13.4. The quantitative estimate of drug-likeness (QED) is 0.772. The largest absolute Gasteiger partial charge is 0.376 e. The molecule has 1 aromatic carbocycles. The number of carbonyl (C=O) groups excluding carboxylic acids is 1. The first kappa shape index (κ1) is 21.0. The van der Waals surface area contributed by atoms with Crippen molar-refractivity contribution < 1.29 is 14.3 Å². The van der Waals surface area contributed by atoms with Gasteiger partial charge in [0.25, 0.3) is 5.91 Å². The highest BCUT2D eigenvalue weighted by Gasteiger charge is 2.31. The van der Waals surface area contributed by atoms with Crippen LogP contribution in [0.15, 0.2) is 36.5 Å². The molecule has 2 aliphatic rings. The molecule has 0 radical (unpaired) electrons.